The Hall–Kier alpha value is -4.19. The van der Waals surface area contributed by atoms with Crippen LogP contribution in [-0.4, -0.2) is 50.3 Å². The Bertz CT molecular complexity index is 1610. The Kier molecular flexibility index (Phi) is 7.02. The van der Waals surface area contributed by atoms with Gasteiger partial charge < -0.3 is 20.3 Å². The minimum absolute atomic E-state index is 0.0374. The highest BCUT2D eigenvalue weighted by atomic mass is 35.5. The fraction of sp³-hybridized carbons (Fsp3) is 0.120. The number of aromatic nitrogens is 2. The van der Waals surface area contributed by atoms with Crippen molar-refractivity contribution in [3.05, 3.63) is 87.2 Å². The van der Waals surface area contributed by atoms with E-state index in [0.717, 1.165) is 16.7 Å². The lowest BCUT2D eigenvalue weighted by atomic mass is 9.93. The molecule has 4 aromatic rings. The highest BCUT2D eigenvalue weighted by molar-refractivity contribution is 6.42. The fourth-order valence-electron chi connectivity index (χ4n) is 4.08. The van der Waals surface area contributed by atoms with Crippen LogP contribution in [0.5, 0.6) is 0 Å². The van der Waals surface area contributed by atoms with Crippen molar-refractivity contribution < 1.29 is 34.1 Å². The molecule has 0 bridgehead atoms. The van der Waals surface area contributed by atoms with Crippen LogP contribution in [0.3, 0.4) is 0 Å². The highest BCUT2D eigenvalue weighted by Crippen LogP contribution is 2.47. The zero-order valence-corrected chi connectivity index (χ0v) is 21.2. The average molecular weight is 561 g/mol. The summed E-state index contributed by atoms with van der Waals surface area (Å²) in [6.45, 7) is 1.08. The van der Waals surface area contributed by atoms with Crippen LogP contribution in [0, 0.1) is 5.82 Å². The van der Waals surface area contributed by atoms with Gasteiger partial charge in [0, 0.05) is 30.7 Å². The van der Waals surface area contributed by atoms with E-state index in [1.54, 1.807) is 24.3 Å². The number of benzene rings is 3. The van der Waals surface area contributed by atoms with Crippen molar-refractivity contribution in [2.24, 2.45) is 0 Å². The van der Waals surface area contributed by atoms with Gasteiger partial charge in [-0.05, 0) is 30.3 Å². The SMILES string of the molecule is CC(=O)O.CN(C(=O)O)c1nc2ccc(C3(O)c4ccccc4C(=O)N3c3ccc(Cl)c(Cl)c3F)cc2[nH]1. The van der Waals surface area contributed by atoms with Gasteiger partial charge in [-0.1, -0.05) is 47.5 Å². The maximum absolute atomic E-state index is 15.2. The molecule has 0 spiro atoms. The smallest absolute Gasteiger partial charge is 0.413 e. The zero-order valence-electron chi connectivity index (χ0n) is 19.7. The number of hydrogen-bond acceptors (Lipinski definition) is 5. The van der Waals surface area contributed by atoms with E-state index >= 15 is 4.39 Å². The van der Waals surface area contributed by atoms with Crippen LogP contribution < -0.4 is 9.80 Å². The lowest BCUT2D eigenvalue weighted by molar-refractivity contribution is -0.134. The first kappa shape index (κ1) is 26.9. The van der Waals surface area contributed by atoms with Crippen molar-refractivity contribution in [3.63, 3.8) is 0 Å². The van der Waals surface area contributed by atoms with E-state index in [0.29, 0.717) is 11.0 Å². The van der Waals surface area contributed by atoms with Crippen LogP contribution in [0.4, 0.5) is 20.8 Å². The first-order valence-electron chi connectivity index (χ1n) is 10.8. The predicted molar refractivity (Wildman–Crippen MR) is 139 cm³/mol. The number of hydrogen-bond donors (Lipinski definition) is 4. The summed E-state index contributed by atoms with van der Waals surface area (Å²) in [5.74, 6) is -2.35. The molecule has 196 valence electrons. The number of halogens is 3. The van der Waals surface area contributed by atoms with Crippen LogP contribution >= 0.6 is 23.2 Å². The number of amides is 2. The van der Waals surface area contributed by atoms with Crippen LogP contribution in [-0.2, 0) is 10.5 Å². The molecule has 38 heavy (non-hydrogen) atoms. The quantitative estimate of drug-likeness (QED) is 0.256. The topological polar surface area (TPSA) is 147 Å². The molecule has 0 aliphatic carbocycles. The van der Waals surface area contributed by atoms with Crippen LogP contribution in [0.2, 0.25) is 10.0 Å². The second kappa shape index (κ2) is 9.93. The van der Waals surface area contributed by atoms with Crippen LogP contribution in [0.15, 0.2) is 54.6 Å². The fourth-order valence-corrected chi connectivity index (χ4v) is 4.39. The monoisotopic (exact) mass is 560 g/mol. The third kappa shape index (κ3) is 4.40. The Morgan fingerprint density at radius 1 is 1.11 bits per heavy atom. The van der Waals surface area contributed by atoms with Gasteiger partial charge in [0.25, 0.3) is 11.9 Å². The molecule has 5 rings (SSSR count). The van der Waals surface area contributed by atoms with Crippen molar-refractivity contribution in [1.29, 1.82) is 0 Å². The number of fused-ring (bicyclic) bond motifs is 2. The molecule has 1 atom stereocenters. The molecular formula is C25H19Cl2FN4O6. The molecule has 2 amide bonds. The molecule has 0 saturated carbocycles. The number of H-pyrrole nitrogens is 1. The summed E-state index contributed by atoms with van der Waals surface area (Å²) in [7, 11) is 1.33. The summed E-state index contributed by atoms with van der Waals surface area (Å²) in [5.41, 5.74) is -0.880. The average Bonchev–Trinajstić information content (AvgIpc) is 3.39. The highest BCUT2D eigenvalue weighted by Gasteiger charge is 2.51. The number of nitrogens with one attached hydrogen (secondary N) is 1. The van der Waals surface area contributed by atoms with Crippen molar-refractivity contribution >= 4 is 63.8 Å². The largest absolute Gasteiger partial charge is 0.481 e. The number of carboxylic acid groups (broad SMARTS) is 2. The van der Waals surface area contributed by atoms with Gasteiger partial charge in [0.05, 0.1) is 26.8 Å². The normalized spacial score (nSPS) is 16.2. The lowest BCUT2D eigenvalue weighted by Gasteiger charge is -2.35. The number of imidazole rings is 1. The van der Waals surface area contributed by atoms with E-state index in [2.05, 4.69) is 9.97 Å². The molecule has 1 aromatic heterocycles. The second-order valence-electron chi connectivity index (χ2n) is 8.21. The minimum Gasteiger partial charge on any atom is -0.481 e. The van der Waals surface area contributed by atoms with Gasteiger partial charge in [-0.25, -0.2) is 14.2 Å². The maximum Gasteiger partial charge on any atom is 0.413 e. The number of nitrogens with zero attached hydrogens (tertiary/aromatic N) is 3. The molecule has 10 nitrogen and oxygen atoms in total. The molecule has 2 heterocycles. The second-order valence-corrected chi connectivity index (χ2v) is 8.99. The third-order valence-electron chi connectivity index (χ3n) is 5.79. The van der Waals surface area contributed by atoms with Crippen LogP contribution in [0.25, 0.3) is 11.0 Å². The van der Waals surface area contributed by atoms with Crippen molar-refractivity contribution in [2.75, 3.05) is 16.8 Å². The molecule has 0 saturated heterocycles. The molecule has 3 aromatic carbocycles. The van der Waals surface area contributed by atoms with Gasteiger partial charge in [-0.2, -0.15) is 0 Å². The van der Waals surface area contributed by atoms with E-state index in [1.807, 2.05) is 0 Å². The van der Waals surface area contributed by atoms with E-state index in [1.165, 1.54) is 37.4 Å². The minimum atomic E-state index is -2.11. The molecule has 1 unspecified atom stereocenters. The van der Waals surface area contributed by atoms with E-state index in [-0.39, 0.29) is 38.4 Å². The van der Waals surface area contributed by atoms with E-state index in [4.69, 9.17) is 33.1 Å². The number of aromatic amines is 1. The third-order valence-corrected chi connectivity index (χ3v) is 6.57. The number of rotatable bonds is 3. The summed E-state index contributed by atoms with van der Waals surface area (Å²) in [5, 5.41) is 28.3. The molecule has 13 heteroatoms. The summed E-state index contributed by atoms with van der Waals surface area (Å²) < 4.78 is 15.2. The summed E-state index contributed by atoms with van der Waals surface area (Å²) in [4.78, 5) is 42.6. The van der Waals surface area contributed by atoms with Gasteiger partial charge in [-0.15, -0.1) is 0 Å². The first-order chi connectivity index (χ1) is 17.9. The number of aliphatic hydroxyl groups is 1. The molecule has 4 N–H and O–H groups in total. The predicted octanol–water partition coefficient (Wildman–Crippen LogP) is 5.07. The Morgan fingerprint density at radius 3 is 2.42 bits per heavy atom. The Morgan fingerprint density at radius 2 is 1.76 bits per heavy atom. The van der Waals surface area contributed by atoms with Gasteiger partial charge in [-0.3, -0.25) is 19.4 Å². The molecule has 1 aliphatic rings. The first-order valence-corrected chi connectivity index (χ1v) is 11.6. The summed E-state index contributed by atoms with van der Waals surface area (Å²) >= 11 is 11.9. The molecular weight excluding hydrogens is 542 g/mol. The van der Waals surface area contributed by atoms with Crippen molar-refractivity contribution in [1.82, 2.24) is 9.97 Å². The maximum atomic E-state index is 15.2. The Balaban J connectivity index is 0.000000786. The van der Waals surface area contributed by atoms with E-state index in [9.17, 15) is 19.8 Å². The molecule has 1 aliphatic heterocycles. The number of carboxylic acids is 1. The summed E-state index contributed by atoms with van der Waals surface area (Å²) in [6, 6.07) is 13.6. The van der Waals surface area contributed by atoms with Crippen LogP contribution in [0.1, 0.15) is 28.4 Å². The van der Waals surface area contributed by atoms with Gasteiger partial charge in [0.15, 0.2) is 11.5 Å². The molecule has 0 radical (unpaired) electrons. The number of carbonyl (C=O) groups excluding carboxylic acids is 1. The number of aliphatic carboxylic acids is 1. The number of carbonyl (C=O) groups is 3. The number of anilines is 2. The summed E-state index contributed by atoms with van der Waals surface area (Å²) in [6.07, 6.45) is -1.21. The lowest BCUT2D eigenvalue weighted by Crippen LogP contribution is -2.45. The van der Waals surface area contributed by atoms with Gasteiger partial charge in [0.2, 0.25) is 5.95 Å². The molecule has 0 fully saturated rings. The van der Waals surface area contributed by atoms with Gasteiger partial charge >= 0.3 is 6.09 Å². The van der Waals surface area contributed by atoms with Gasteiger partial charge in [0.1, 0.15) is 0 Å². The van der Waals surface area contributed by atoms with E-state index < -0.39 is 29.5 Å². The standard InChI is InChI=1S/C23H15Cl2FN4O4.C2H4O2/c1-29(22(32)33)21-27-15-8-6-11(10-16(15)28-21)23(34)13-5-3-2-4-12(13)20(31)30(23)17-9-7-14(24)18(25)19(17)26;1-2(3)4/h2-10,34H,1H3,(H,27,28)(H,32,33);1H3,(H,3,4). The van der Waals surface area contributed by atoms with Crippen molar-refractivity contribution in [2.45, 2.75) is 12.6 Å². The Labute approximate surface area is 224 Å². The van der Waals surface area contributed by atoms with Crippen molar-refractivity contribution in [3.8, 4) is 0 Å². The zero-order chi connectivity index (χ0) is 27.9.